The third-order valence-corrected chi connectivity index (χ3v) is 6.33. The quantitative estimate of drug-likeness (QED) is 0.425. The van der Waals surface area contributed by atoms with Crippen molar-refractivity contribution in [1.82, 2.24) is 10.2 Å². The van der Waals surface area contributed by atoms with Crippen molar-refractivity contribution in [2.75, 3.05) is 32.7 Å². The van der Waals surface area contributed by atoms with Crippen molar-refractivity contribution < 1.29 is 14.2 Å². The fourth-order valence-corrected chi connectivity index (χ4v) is 4.63. The third kappa shape index (κ3) is 7.10. The molecule has 1 aromatic carbocycles. The lowest BCUT2D eigenvalue weighted by Crippen LogP contribution is -2.36. The van der Waals surface area contributed by atoms with Crippen molar-refractivity contribution in [1.29, 1.82) is 0 Å². The molecular formula is C27H39ClN2O3. The zero-order valence-electron chi connectivity index (χ0n) is 20.7. The van der Waals surface area contributed by atoms with Gasteiger partial charge in [0.25, 0.3) is 0 Å². The van der Waals surface area contributed by atoms with Crippen LogP contribution in [-0.4, -0.2) is 49.5 Å². The van der Waals surface area contributed by atoms with Crippen LogP contribution in [0.25, 0.3) is 0 Å². The van der Waals surface area contributed by atoms with Gasteiger partial charge in [-0.25, -0.2) is 0 Å². The zero-order chi connectivity index (χ0) is 23.8. The molecule has 2 unspecified atom stereocenters. The molecule has 1 saturated heterocycles. The van der Waals surface area contributed by atoms with E-state index < -0.39 is 5.79 Å². The van der Waals surface area contributed by atoms with Crippen LogP contribution in [0.2, 0.25) is 0 Å². The molecule has 0 spiro atoms. The van der Waals surface area contributed by atoms with Gasteiger partial charge in [0.1, 0.15) is 5.75 Å². The molecule has 2 atom stereocenters. The summed E-state index contributed by atoms with van der Waals surface area (Å²) < 4.78 is 17.5. The van der Waals surface area contributed by atoms with Crippen LogP contribution in [-0.2, 0) is 9.47 Å². The zero-order valence-corrected chi connectivity index (χ0v) is 21.5. The van der Waals surface area contributed by atoms with Crippen molar-refractivity contribution in [2.45, 2.75) is 64.9 Å². The number of nitrogens with one attached hydrogen (secondary N) is 1. The molecule has 1 aromatic rings. The number of allylic oxidation sites excluding steroid dienone is 3. The van der Waals surface area contributed by atoms with Crippen LogP contribution in [0, 0.1) is 0 Å². The van der Waals surface area contributed by atoms with Gasteiger partial charge in [-0.15, -0.1) is 11.6 Å². The highest BCUT2D eigenvalue weighted by atomic mass is 35.5. The first kappa shape index (κ1) is 25.8. The minimum atomic E-state index is -0.486. The van der Waals surface area contributed by atoms with E-state index in [1.165, 1.54) is 22.4 Å². The van der Waals surface area contributed by atoms with Crippen LogP contribution >= 0.6 is 11.6 Å². The summed E-state index contributed by atoms with van der Waals surface area (Å²) in [5, 5.41) is 3.59. The summed E-state index contributed by atoms with van der Waals surface area (Å²) in [6, 6.07) is 8.62. The molecule has 5 nitrogen and oxygen atoms in total. The van der Waals surface area contributed by atoms with Crippen LogP contribution in [0.1, 0.15) is 58.6 Å². The second-order valence-electron chi connectivity index (χ2n) is 9.18. The molecule has 0 bridgehead atoms. The van der Waals surface area contributed by atoms with Gasteiger partial charge in [-0.05, 0) is 75.7 Å². The van der Waals surface area contributed by atoms with E-state index in [-0.39, 0.29) is 12.1 Å². The number of nitrogens with zero attached hydrogens (tertiary/aromatic N) is 1. The highest BCUT2D eigenvalue weighted by molar-refractivity contribution is 6.19. The lowest BCUT2D eigenvalue weighted by Gasteiger charge is -2.37. The molecule has 0 amide bonds. The standard InChI is InChI=1S/C27H39ClN2O3/c1-6-7-16-29-25-24(20(2)12-15-28)13-17-30(5)26(25)21-8-10-22(11-9-21)31-18-14-23-19-32-27(3,4)33-23/h7-12,16,23,26,29H,6,13-15,17-19H2,1-5H3/b16-7+,20-12+. The van der Waals surface area contributed by atoms with Crippen LogP contribution in [0.4, 0.5) is 0 Å². The Morgan fingerprint density at radius 2 is 2.06 bits per heavy atom. The Kier molecular flexibility index (Phi) is 9.45. The summed E-state index contributed by atoms with van der Waals surface area (Å²) in [5.41, 5.74) is 5.06. The molecule has 1 fully saturated rings. The average molecular weight is 475 g/mol. The molecule has 0 aromatic heterocycles. The first-order valence-electron chi connectivity index (χ1n) is 12.0. The predicted octanol–water partition coefficient (Wildman–Crippen LogP) is 5.94. The Morgan fingerprint density at radius 3 is 2.70 bits per heavy atom. The van der Waals surface area contributed by atoms with Crippen molar-refractivity contribution >= 4 is 11.6 Å². The number of alkyl halides is 1. The molecule has 2 aliphatic heterocycles. The molecule has 33 heavy (non-hydrogen) atoms. The molecule has 2 heterocycles. The van der Waals surface area contributed by atoms with E-state index >= 15 is 0 Å². The molecule has 0 radical (unpaired) electrons. The summed E-state index contributed by atoms with van der Waals surface area (Å²) in [7, 11) is 2.18. The molecule has 0 saturated carbocycles. The molecule has 2 aliphatic rings. The highest BCUT2D eigenvalue weighted by Gasteiger charge is 2.32. The Bertz CT molecular complexity index is 861. The monoisotopic (exact) mass is 474 g/mol. The summed E-state index contributed by atoms with van der Waals surface area (Å²) in [6.07, 6.45) is 9.20. The van der Waals surface area contributed by atoms with Gasteiger partial charge >= 0.3 is 0 Å². The lowest BCUT2D eigenvalue weighted by molar-refractivity contribution is -0.139. The molecule has 3 rings (SSSR count). The highest BCUT2D eigenvalue weighted by Crippen LogP contribution is 2.36. The van der Waals surface area contributed by atoms with Gasteiger partial charge in [-0.2, -0.15) is 0 Å². The van der Waals surface area contributed by atoms with Gasteiger partial charge in [0.15, 0.2) is 5.79 Å². The van der Waals surface area contributed by atoms with Crippen LogP contribution in [0.5, 0.6) is 5.75 Å². The maximum absolute atomic E-state index is 6.01. The molecule has 6 heteroatoms. The van der Waals surface area contributed by atoms with Crippen LogP contribution < -0.4 is 10.1 Å². The summed E-state index contributed by atoms with van der Waals surface area (Å²) >= 11 is 6.01. The smallest absolute Gasteiger partial charge is 0.163 e. The van der Waals surface area contributed by atoms with Crippen LogP contribution in [0.3, 0.4) is 0 Å². The van der Waals surface area contributed by atoms with Crippen molar-refractivity contribution in [3.05, 3.63) is 65.0 Å². The van der Waals surface area contributed by atoms with E-state index in [0.29, 0.717) is 19.1 Å². The maximum atomic E-state index is 6.01. The Balaban J connectivity index is 1.72. The van der Waals surface area contributed by atoms with E-state index in [2.05, 4.69) is 73.7 Å². The second-order valence-corrected chi connectivity index (χ2v) is 9.49. The Morgan fingerprint density at radius 1 is 1.30 bits per heavy atom. The first-order valence-corrected chi connectivity index (χ1v) is 12.5. The second kappa shape index (κ2) is 12.1. The predicted molar refractivity (Wildman–Crippen MR) is 136 cm³/mol. The third-order valence-electron chi connectivity index (χ3n) is 6.18. The maximum Gasteiger partial charge on any atom is 0.163 e. The average Bonchev–Trinajstić information content (AvgIpc) is 3.13. The van der Waals surface area contributed by atoms with E-state index in [4.69, 9.17) is 25.8 Å². The number of likely N-dealkylation sites (N-methyl/N-ethyl adjacent to an activating group) is 1. The fraction of sp³-hybridized carbons (Fsp3) is 0.556. The van der Waals surface area contributed by atoms with E-state index in [1.807, 2.05) is 13.8 Å². The van der Waals surface area contributed by atoms with Gasteiger partial charge in [0.05, 0.1) is 25.4 Å². The van der Waals surface area contributed by atoms with Gasteiger partial charge in [-0.3, -0.25) is 4.90 Å². The Labute approximate surface area is 204 Å². The van der Waals surface area contributed by atoms with E-state index in [0.717, 1.165) is 31.6 Å². The minimum Gasteiger partial charge on any atom is -0.493 e. The largest absolute Gasteiger partial charge is 0.493 e. The molecule has 1 N–H and O–H groups in total. The number of hydrogen-bond donors (Lipinski definition) is 1. The number of halogens is 1. The fourth-order valence-electron chi connectivity index (χ4n) is 4.40. The van der Waals surface area contributed by atoms with Crippen molar-refractivity contribution in [3.8, 4) is 5.75 Å². The summed E-state index contributed by atoms with van der Waals surface area (Å²) in [4.78, 5) is 2.40. The number of hydrogen-bond acceptors (Lipinski definition) is 5. The van der Waals surface area contributed by atoms with Gasteiger partial charge < -0.3 is 19.5 Å². The van der Waals surface area contributed by atoms with Gasteiger partial charge in [0, 0.05) is 24.5 Å². The van der Waals surface area contributed by atoms with E-state index in [1.54, 1.807) is 0 Å². The number of rotatable bonds is 10. The SMILES string of the molecule is CC/C=C/NC1=C(/C(C)=C/CCl)CCN(C)C1c1ccc(OCCC2COC(C)(C)O2)cc1. The first-order chi connectivity index (χ1) is 15.8. The number of benzene rings is 1. The lowest BCUT2D eigenvalue weighted by atomic mass is 9.89. The molecule has 0 aliphatic carbocycles. The topological polar surface area (TPSA) is 43.0 Å². The van der Waals surface area contributed by atoms with E-state index in [9.17, 15) is 0 Å². The van der Waals surface area contributed by atoms with Gasteiger partial charge in [-0.1, -0.05) is 31.2 Å². The molecular weight excluding hydrogens is 436 g/mol. The normalized spacial score (nSPS) is 24.0. The van der Waals surface area contributed by atoms with Crippen molar-refractivity contribution in [2.24, 2.45) is 0 Å². The Hall–Kier alpha value is -1.79. The minimum absolute atomic E-state index is 0.0906. The molecule has 182 valence electrons. The van der Waals surface area contributed by atoms with Crippen molar-refractivity contribution in [3.63, 3.8) is 0 Å². The summed E-state index contributed by atoms with van der Waals surface area (Å²) in [6.45, 7) is 10.4. The number of ether oxygens (including phenoxy) is 3. The summed E-state index contributed by atoms with van der Waals surface area (Å²) in [5.74, 6) is 0.911. The van der Waals surface area contributed by atoms with Gasteiger partial charge in [0.2, 0.25) is 0 Å². The van der Waals surface area contributed by atoms with Crippen LogP contribution in [0.15, 0.2) is 59.5 Å².